The normalized spacial score (nSPS) is 24.4. The van der Waals surface area contributed by atoms with Gasteiger partial charge >= 0.3 is 0 Å². The van der Waals surface area contributed by atoms with Crippen LogP contribution in [0.15, 0.2) is 48.8 Å². The van der Waals surface area contributed by atoms with Crippen molar-refractivity contribution in [3.8, 4) is 0 Å². The molecule has 3 fully saturated rings. The number of hydrogen-bond acceptors (Lipinski definition) is 10. The minimum Gasteiger partial charge on any atom is -0.370 e. The first kappa shape index (κ1) is 38.6. The third kappa shape index (κ3) is 6.64. The summed E-state index contributed by atoms with van der Waals surface area (Å²) in [5, 5.41) is 10.5. The molecule has 3 saturated heterocycles. The summed E-state index contributed by atoms with van der Waals surface area (Å²) in [6, 6.07) is 10.0. The number of amides is 5. The third-order valence-electron chi connectivity index (χ3n) is 14.1. The molecule has 312 valence electrons. The second-order valence-corrected chi connectivity index (χ2v) is 17.6. The number of carbonyl (C=O) groups is 5. The maximum atomic E-state index is 13.9. The van der Waals surface area contributed by atoms with Crippen LogP contribution < -0.4 is 10.2 Å². The van der Waals surface area contributed by atoms with Gasteiger partial charge in [-0.05, 0) is 103 Å². The molecule has 2 aromatic heterocycles. The van der Waals surface area contributed by atoms with E-state index >= 15 is 0 Å². The van der Waals surface area contributed by atoms with E-state index in [1.807, 2.05) is 52.2 Å². The molecule has 0 aliphatic carbocycles. The molecular weight excluding hydrogens is 773 g/mol. The fourth-order valence-electron chi connectivity index (χ4n) is 10.8. The molecule has 0 bridgehead atoms. The Labute approximate surface area is 345 Å². The zero-order valence-corrected chi connectivity index (χ0v) is 33.5. The first-order chi connectivity index (χ1) is 28.9. The number of carbonyl (C=O) groups excluding carboxylic acids is 5. The maximum Gasteiger partial charge on any atom is 0.262 e. The first-order valence-corrected chi connectivity index (χ1v) is 21.0. The van der Waals surface area contributed by atoms with Crippen molar-refractivity contribution in [2.24, 2.45) is 5.41 Å². The van der Waals surface area contributed by atoms with Gasteiger partial charge in [0.15, 0.2) is 0 Å². The Hall–Kier alpha value is -5.61. The second-order valence-electron chi connectivity index (χ2n) is 17.6. The number of H-pyrrole nitrogens is 1. The average Bonchev–Trinajstić information content (AvgIpc) is 3.94. The number of anilines is 1. The van der Waals surface area contributed by atoms with E-state index in [0.29, 0.717) is 32.6 Å². The summed E-state index contributed by atoms with van der Waals surface area (Å²) in [4.78, 5) is 78.5. The molecule has 5 amide bonds. The molecule has 6 aliphatic rings. The van der Waals surface area contributed by atoms with Crippen LogP contribution in [-0.4, -0.2) is 122 Å². The van der Waals surface area contributed by atoms with Gasteiger partial charge in [0.05, 0.1) is 59.5 Å². The van der Waals surface area contributed by atoms with Gasteiger partial charge in [-0.15, -0.1) is 0 Å². The first-order valence-electron chi connectivity index (χ1n) is 21.0. The Bertz CT molecular complexity index is 2370. The molecule has 4 aromatic rings. The van der Waals surface area contributed by atoms with Crippen molar-refractivity contribution in [3.05, 3.63) is 87.9 Å². The SMILES string of the molecule is C[C@@H]1Cc2c(ccc3[nH]ncc23)[C@@H](c2ccc(N3CCC4(CCN(C(=O)CN5Cc6cc7c(cc6C5)C(=O)N(C5CCC(=O)NC5=O)C7=O)CC4)CC3)cn2)N1CC(F)F. The van der Waals surface area contributed by atoms with E-state index in [9.17, 15) is 32.8 Å². The van der Waals surface area contributed by atoms with Crippen LogP contribution >= 0.6 is 0 Å². The van der Waals surface area contributed by atoms with Crippen LogP contribution in [-0.2, 0) is 33.9 Å². The van der Waals surface area contributed by atoms with E-state index in [0.717, 1.165) is 88.2 Å². The summed E-state index contributed by atoms with van der Waals surface area (Å²) in [6.45, 7) is 6.03. The summed E-state index contributed by atoms with van der Waals surface area (Å²) in [5.74, 6) is -2.03. The van der Waals surface area contributed by atoms with Crippen LogP contribution in [0.3, 0.4) is 0 Å². The van der Waals surface area contributed by atoms with Gasteiger partial charge in [0.25, 0.3) is 18.2 Å². The topological polar surface area (TPSA) is 155 Å². The van der Waals surface area contributed by atoms with Gasteiger partial charge in [-0.1, -0.05) is 6.07 Å². The summed E-state index contributed by atoms with van der Waals surface area (Å²) < 4.78 is 27.8. The summed E-state index contributed by atoms with van der Waals surface area (Å²) in [7, 11) is 0. The van der Waals surface area contributed by atoms with Gasteiger partial charge in [0.1, 0.15) is 6.04 Å². The number of pyridine rings is 1. The Morgan fingerprint density at radius 1 is 0.917 bits per heavy atom. The standard InChI is InChI=1S/C44H47F2N9O5/c1-25-16-30-29(3-5-34-33(30)20-48-50-34)40(54(25)23-37(45)46)35-4-2-28(19-47-35)52-12-8-44(9-13-52)10-14-53(15-11-44)39(57)24-51-21-26-17-31-32(18-27(26)22-51)43(60)55(42(31)59)36-6-7-38(56)49-41(36)58/h2-5,17-20,25,36-37,40H,6-16,21-24H2,1H3,(H,48,50)(H,49,56,58)/t25-,36?,40+/m1/s1. The van der Waals surface area contributed by atoms with Gasteiger partial charge < -0.3 is 9.80 Å². The number of benzene rings is 2. The Kier molecular flexibility index (Phi) is 9.54. The summed E-state index contributed by atoms with van der Waals surface area (Å²) in [5.41, 5.74) is 7.31. The van der Waals surface area contributed by atoms with E-state index in [4.69, 9.17) is 4.98 Å². The maximum absolute atomic E-state index is 13.9. The van der Waals surface area contributed by atoms with E-state index in [-0.39, 0.29) is 60.5 Å². The number of hydrogen-bond donors (Lipinski definition) is 2. The Balaban J connectivity index is 0.735. The largest absolute Gasteiger partial charge is 0.370 e. The number of fused-ring (bicyclic) bond motifs is 5. The van der Waals surface area contributed by atoms with Crippen LogP contribution in [0.1, 0.15) is 100 Å². The Morgan fingerprint density at radius 3 is 2.27 bits per heavy atom. The lowest BCUT2D eigenvalue weighted by atomic mass is 9.71. The highest BCUT2D eigenvalue weighted by molar-refractivity contribution is 6.23. The van der Waals surface area contributed by atoms with Crippen LogP contribution in [0, 0.1) is 5.41 Å². The van der Waals surface area contributed by atoms with Gasteiger partial charge in [-0.25, -0.2) is 8.78 Å². The van der Waals surface area contributed by atoms with Crippen LogP contribution in [0.2, 0.25) is 0 Å². The van der Waals surface area contributed by atoms with Crippen LogP contribution in [0.25, 0.3) is 10.9 Å². The number of nitrogens with one attached hydrogen (secondary N) is 2. The van der Waals surface area contributed by atoms with Gasteiger partial charge in [-0.3, -0.25) is 54.1 Å². The third-order valence-corrected chi connectivity index (χ3v) is 14.1. The van der Waals surface area contributed by atoms with Crippen LogP contribution in [0.4, 0.5) is 14.5 Å². The zero-order chi connectivity index (χ0) is 41.4. The molecule has 14 nitrogen and oxygen atoms in total. The molecule has 3 atom stereocenters. The van der Waals surface area contributed by atoms with Crippen molar-refractivity contribution >= 4 is 46.1 Å². The molecule has 60 heavy (non-hydrogen) atoms. The predicted molar refractivity (Wildman–Crippen MR) is 215 cm³/mol. The van der Waals surface area contributed by atoms with Gasteiger partial charge in [-0.2, -0.15) is 5.10 Å². The fourth-order valence-corrected chi connectivity index (χ4v) is 10.8. The van der Waals surface area contributed by atoms with E-state index in [2.05, 4.69) is 26.5 Å². The number of imide groups is 2. The minimum absolute atomic E-state index is 0.0667. The average molecular weight is 820 g/mol. The molecule has 0 radical (unpaired) electrons. The van der Waals surface area contributed by atoms with Crippen molar-refractivity contribution in [2.45, 2.75) is 89.5 Å². The molecule has 0 saturated carbocycles. The van der Waals surface area contributed by atoms with Crippen molar-refractivity contribution in [2.75, 3.05) is 44.2 Å². The lowest BCUT2D eigenvalue weighted by Gasteiger charge is -2.47. The smallest absolute Gasteiger partial charge is 0.262 e. The lowest BCUT2D eigenvalue weighted by molar-refractivity contribution is -0.137. The van der Waals surface area contributed by atoms with Gasteiger partial charge in [0.2, 0.25) is 17.7 Å². The highest BCUT2D eigenvalue weighted by Gasteiger charge is 2.46. The summed E-state index contributed by atoms with van der Waals surface area (Å²) in [6.07, 6.45) is 5.98. The molecule has 8 heterocycles. The second kappa shape index (κ2) is 14.8. The van der Waals surface area contributed by atoms with E-state index in [1.54, 1.807) is 12.1 Å². The molecule has 2 N–H and O–H groups in total. The van der Waals surface area contributed by atoms with Gasteiger partial charge in [0, 0.05) is 57.1 Å². The van der Waals surface area contributed by atoms with Crippen LogP contribution in [0.5, 0.6) is 0 Å². The van der Waals surface area contributed by atoms with E-state index < -0.39 is 36.1 Å². The minimum atomic E-state index is -2.46. The number of aromatic amines is 1. The van der Waals surface area contributed by atoms with Crippen molar-refractivity contribution in [3.63, 3.8) is 0 Å². The molecule has 10 rings (SSSR count). The molecule has 6 aliphatic heterocycles. The highest BCUT2D eigenvalue weighted by Crippen LogP contribution is 2.44. The predicted octanol–water partition coefficient (Wildman–Crippen LogP) is 4.19. The molecular formula is C44H47F2N9O5. The number of aromatic nitrogens is 3. The Morgan fingerprint density at radius 2 is 1.62 bits per heavy atom. The molecule has 16 heteroatoms. The quantitative estimate of drug-likeness (QED) is 0.260. The van der Waals surface area contributed by atoms with E-state index in [1.165, 1.54) is 0 Å². The van der Waals surface area contributed by atoms with Crippen molar-refractivity contribution in [1.29, 1.82) is 0 Å². The number of likely N-dealkylation sites (tertiary alicyclic amines) is 1. The van der Waals surface area contributed by atoms with Crippen molar-refractivity contribution < 1.29 is 32.8 Å². The van der Waals surface area contributed by atoms with Crippen molar-refractivity contribution in [1.82, 2.24) is 40.1 Å². The summed E-state index contributed by atoms with van der Waals surface area (Å²) >= 11 is 0. The molecule has 2 aromatic carbocycles. The monoisotopic (exact) mass is 819 g/mol. The fraction of sp³-hybridized carbons (Fsp3) is 0.477. The number of piperidine rings is 3. The number of alkyl halides is 2. The number of nitrogens with zero attached hydrogens (tertiary/aromatic N) is 7. The molecule has 1 unspecified atom stereocenters. The number of halogens is 2. The zero-order valence-electron chi connectivity index (χ0n) is 33.5. The molecule has 1 spiro atoms. The lowest BCUT2D eigenvalue weighted by Crippen LogP contribution is -2.54. The highest BCUT2D eigenvalue weighted by atomic mass is 19.3. The number of rotatable bonds is 7.